The van der Waals surface area contributed by atoms with Gasteiger partial charge in [-0.2, -0.15) is 0 Å². The van der Waals surface area contributed by atoms with Gasteiger partial charge in [0.15, 0.2) is 9.84 Å². The highest BCUT2D eigenvalue weighted by atomic mass is 79.9. The van der Waals surface area contributed by atoms with E-state index in [4.69, 9.17) is 0 Å². The van der Waals surface area contributed by atoms with E-state index in [-0.39, 0.29) is 16.8 Å². The molecule has 6 heteroatoms. The Morgan fingerprint density at radius 2 is 2.00 bits per heavy atom. The van der Waals surface area contributed by atoms with Gasteiger partial charge < -0.3 is 5.32 Å². The summed E-state index contributed by atoms with van der Waals surface area (Å²) < 4.78 is 37.8. The summed E-state index contributed by atoms with van der Waals surface area (Å²) in [4.78, 5) is 0. The summed E-state index contributed by atoms with van der Waals surface area (Å²) >= 11 is 3.07. The van der Waals surface area contributed by atoms with Crippen LogP contribution in [0.3, 0.4) is 0 Å². The summed E-state index contributed by atoms with van der Waals surface area (Å²) in [5, 5.41) is 2.87. The van der Waals surface area contributed by atoms with Crippen LogP contribution < -0.4 is 5.32 Å². The summed E-state index contributed by atoms with van der Waals surface area (Å²) in [5.41, 5.74) is 0.627. The molecule has 0 atom stereocenters. The van der Waals surface area contributed by atoms with Crippen LogP contribution in [0.1, 0.15) is 18.4 Å². The first-order valence-electron chi connectivity index (χ1n) is 5.85. The second kappa shape index (κ2) is 5.67. The lowest BCUT2D eigenvalue weighted by atomic mass is 10.2. The number of hydrogen-bond acceptors (Lipinski definition) is 3. The summed E-state index contributed by atoms with van der Waals surface area (Å²) in [7, 11) is -3.15. The smallest absolute Gasteiger partial charge is 0.157 e. The summed E-state index contributed by atoms with van der Waals surface area (Å²) in [6.07, 6.45) is 1.31. The fourth-order valence-corrected chi connectivity index (χ4v) is 4.39. The van der Waals surface area contributed by atoms with E-state index in [9.17, 15) is 12.8 Å². The molecule has 0 aromatic heterocycles. The molecule has 3 nitrogen and oxygen atoms in total. The van der Waals surface area contributed by atoms with Crippen molar-refractivity contribution in [3.8, 4) is 0 Å². The third-order valence-electron chi connectivity index (χ3n) is 3.15. The third-order valence-corrected chi connectivity index (χ3v) is 5.98. The quantitative estimate of drug-likeness (QED) is 0.921. The number of benzene rings is 1. The summed E-state index contributed by atoms with van der Waals surface area (Å²) in [6.45, 7) is 1.49. The van der Waals surface area contributed by atoms with Crippen LogP contribution >= 0.6 is 15.9 Å². The number of halogens is 2. The lowest BCUT2D eigenvalue weighted by molar-refractivity contribution is 0.496. The number of rotatable bonds is 3. The molecule has 0 unspecified atom stereocenters. The maximum atomic E-state index is 13.1. The molecule has 1 aliphatic heterocycles. The molecule has 1 fully saturated rings. The predicted octanol–water partition coefficient (Wildman–Crippen LogP) is 2.25. The van der Waals surface area contributed by atoms with Gasteiger partial charge in [-0.25, -0.2) is 12.8 Å². The molecule has 1 aromatic rings. The molecule has 0 aliphatic carbocycles. The van der Waals surface area contributed by atoms with Gasteiger partial charge in [0.1, 0.15) is 5.82 Å². The lowest BCUT2D eigenvalue weighted by Crippen LogP contribution is -2.36. The average molecular weight is 336 g/mol. The molecule has 18 heavy (non-hydrogen) atoms. The first-order valence-corrected chi connectivity index (χ1v) is 8.36. The van der Waals surface area contributed by atoms with Crippen molar-refractivity contribution in [1.82, 2.24) is 5.32 Å². The monoisotopic (exact) mass is 335 g/mol. The Labute approximate surface area is 115 Å². The third kappa shape index (κ3) is 3.30. The van der Waals surface area contributed by atoms with Crippen molar-refractivity contribution in [1.29, 1.82) is 0 Å². The molecule has 1 aromatic carbocycles. The molecule has 0 spiro atoms. The molecule has 0 saturated carbocycles. The molecule has 0 amide bonds. The van der Waals surface area contributed by atoms with Crippen LogP contribution in [0.15, 0.2) is 22.7 Å². The van der Waals surface area contributed by atoms with Crippen molar-refractivity contribution in [3.63, 3.8) is 0 Å². The fourth-order valence-electron chi connectivity index (χ4n) is 2.13. The maximum Gasteiger partial charge on any atom is 0.157 e. The van der Waals surface area contributed by atoms with Gasteiger partial charge >= 0.3 is 0 Å². The van der Waals surface area contributed by atoms with Gasteiger partial charge in [-0.1, -0.05) is 6.07 Å². The average Bonchev–Trinajstić information content (AvgIpc) is 2.35. The molecular formula is C12H15BrFNO2S. The van der Waals surface area contributed by atoms with E-state index < -0.39 is 9.84 Å². The molecule has 0 bridgehead atoms. The standard InChI is InChI=1S/C12H15BrFNO2S/c13-11-7-9(1-2-12(11)14)8-18(16,17)10-3-5-15-6-4-10/h1-2,7,10,15H,3-6,8H2. The normalized spacial score (nSPS) is 17.9. The Hall–Kier alpha value is -0.460. The summed E-state index contributed by atoms with van der Waals surface area (Å²) in [6, 6.07) is 4.35. The van der Waals surface area contributed by atoms with Crippen molar-refractivity contribution >= 4 is 25.8 Å². The van der Waals surface area contributed by atoms with Gasteiger partial charge in [-0.05, 0) is 59.6 Å². The van der Waals surface area contributed by atoms with E-state index in [1.807, 2.05) is 0 Å². The van der Waals surface area contributed by atoms with E-state index in [0.29, 0.717) is 22.9 Å². The number of piperidine rings is 1. The van der Waals surface area contributed by atoms with E-state index in [1.54, 1.807) is 0 Å². The maximum absolute atomic E-state index is 13.1. The van der Waals surface area contributed by atoms with Crippen LogP contribution in [0.25, 0.3) is 0 Å². The van der Waals surface area contributed by atoms with Crippen molar-refractivity contribution in [2.75, 3.05) is 13.1 Å². The second-order valence-corrected chi connectivity index (χ2v) is 7.64. The first kappa shape index (κ1) is 14.0. The zero-order valence-corrected chi connectivity index (χ0v) is 12.2. The van der Waals surface area contributed by atoms with Crippen LogP contribution in [-0.2, 0) is 15.6 Å². The van der Waals surface area contributed by atoms with Gasteiger partial charge in [0.25, 0.3) is 0 Å². The minimum absolute atomic E-state index is 0.0173. The molecule has 1 saturated heterocycles. The SMILES string of the molecule is O=S(=O)(Cc1ccc(F)c(Br)c1)C1CCNCC1. The van der Waals surface area contributed by atoms with E-state index in [2.05, 4.69) is 21.2 Å². The Bertz CT molecular complexity index is 527. The first-order chi connectivity index (χ1) is 8.49. The number of sulfone groups is 1. The van der Waals surface area contributed by atoms with Crippen LogP contribution in [0, 0.1) is 5.82 Å². The molecule has 100 valence electrons. The topological polar surface area (TPSA) is 46.2 Å². The Morgan fingerprint density at radius 3 is 2.61 bits per heavy atom. The van der Waals surface area contributed by atoms with Crippen molar-refractivity contribution in [2.45, 2.75) is 23.8 Å². The highest BCUT2D eigenvalue weighted by Gasteiger charge is 2.27. The summed E-state index contributed by atoms with van der Waals surface area (Å²) in [5.74, 6) is -0.394. The molecule has 1 aliphatic rings. The van der Waals surface area contributed by atoms with Gasteiger partial charge in [-0.15, -0.1) is 0 Å². The Kier molecular flexibility index (Phi) is 4.40. The van der Waals surface area contributed by atoms with E-state index in [0.717, 1.165) is 13.1 Å². The molecular weight excluding hydrogens is 321 g/mol. The van der Waals surface area contributed by atoms with E-state index >= 15 is 0 Å². The van der Waals surface area contributed by atoms with Crippen molar-refractivity contribution < 1.29 is 12.8 Å². The Morgan fingerprint density at radius 1 is 1.33 bits per heavy atom. The van der Waals surface area contributed by atoms with Gasteiger partial charge in [0.05, 0.1) is 15.5 Å². The number of hydrogen-bond donors (Lipinski definition) is 1. The highest BCUT2D eigenvalue weighted by molar-refractivity contribution is 9.10. The van der Waals surface area contributed by atoms with Crippen molar-refractivity contribution in [3.05, 3.63) is 34.1 Å². The second-order valence-electron chi connectivity index (χ2n) is 4.51. The predicted molar refractivity (Wildman–Crippen MR) is 72.6 cm³/mol. The largest absolute Gasteiger partial charge is 0.317 e. The highest BCUT2D eigenvalue weighted by Crippen LogP contribution is 2.22. The minimum Gasteiger partial charge on any atom is -0.317 e. The van der Waals surface area contributed by atoms with Crippen molar-refractivity contribution in [2.24, 2.45) is 0 Å². The zero-order chi connectivity index (χ0) is 13.2. The van der Waals surface area contributed by atoms with Crippen LogP contribution in [-0.4, -0.2) is 26.8 Å². The molecule has 0 radical (unpaired) electrons. The Balaban J connectivity index is 2.13. The van der Waals surface area contributed by atoms with Crippen LogP contribution in [0.4, 0.5) is 4.39 Å². The molecule has 1 N–H and O–H groups in total. The van der Waals surface area contributed by atoms with Crippen LogP contribution in [0.5, 0.6) is 0 Å². The minimum atomic E-state index is -3.15. The van der Waals surface area contributed by atoms with E-state index in [1.165, 1.54) is 18.2 Å². The number of nitrogens with one attached hydrogen (secondary N) is 1. The van der Waals surface area contributed by atoms with Gasteiger partial charge in [-0.3, -0.25) is 0 Å². The van der Waals surface area contributed by atoms with Crippen LogP contribution in [0.2, 0.25) is 0 Å². The zero-order valence-electron chi connectivity index (χ0n) is 9.83. The molecule has 2 rings (SSSR count). The lowest BCUT2D eigenvalue weighted by Gasteiger charge is -2.22. The van der Waals surface area contributed by atoms with Gasteiger partial charge in [0.2, 0.25) is 0 Å². The molecule has 1 heterocycles. The fraction of sp³-hybridized carbons (Fsp3) is 0.500. The van der Waals surface area contributed by atoms with Gasteiger partial charge in [0, 0.05) is 0 Å².